The summed E-state index contributed by atoms with van der Waals surface area (Å²) in [4.78, 5) is 13.2. The zero-order valence-electron chi connectivity index (χ0n) is 11.2. The number of furan rings is 1. The van der Waals surface area contributed by atoms with Crippen molar-refractivity contribution >= 4 is 50.2 Å². The van der Waals surface area contributed by atoms with E-state index in [1.54, 1.807) is 0 Å². The summed E-state index contributed by atoms with van der Waals surface area (Å²) in [6.07, 6.45) is 0. The van der Waals surface area contributed by atoms with Crippen LogP contribution in [0.5, 0.6) is 0 Å². The molecule has 0 aliphatic carbocycles. The molecule has 5 heteroatoms. The Morgan fingerprint density at radius 3 is 2.57 bits per heavy atom. The van der Waals surface area contributed by atoms with E-state index in [0.717, 1.165) is 67.4 Å². The quantitative estimate of drug-likeness (QED) is 0.403. The molecule has 0 fully saturated rings. The van der Waals surface area contributed by atoms with E-state index in [1.807, 2.05) is 37.3 Å². The molecule has 2 aromatic carbocycles. The molecule has 0 spiro atoms. The van der Waals surface area contributed by atoms with Crippen molar-refractivity contribution in [3.05, 3.63) is 48.3 Å². The van der Waals surface area contributed by atoms with Crippen molar-refractivity contribution in [2.75, 3.05) is 0 Å². The summed E-state index contributed by atoms with van der Waals surface area (Å²) in [6, 6.07) is 14.1. The fourth-order valence-electron chi connectivity index (χ4n) is 2.46. The first kappa shape index (κ1) is 12.8. The Labute approximate surface area is 136 Å². The molecule has 0 atom stereocenters. The van der Waals surface area contributed by atoms with Gasteiger partial charge in [-0.3, -0.25) is 0 Å². The van der Waals surface area contributed by atoms with Crippen molar-refractivity contribution in [3.8, 4) is 11.4 Å². The number of aryl methyl sites for hydroxylation is 1. The Hall–Kier alpha value is -1.87. The van der Waals surface area contributed by atoms with Gasteiger partial charge in [-0.1, -0.05) is 0 Å². The fourth-order valence-corrected chi connectivity index (χ4v) is 3.39. The summed E-state index contributed by atoms with van der Waals surface area (Å²) in [6.45, 7) is 1.90. The van der Waals surface area contributed by atoms with Gasteiger partial charge in [-0.05, 0) is 0 Å². The molecule has 0 amide bonds. The molecule has 0 aliphatic heterocycles. The molecule has 4 rings (SSSR count). The molecule has 2 heterocycles. The van der Waals surface area contributed by atoms with Gasteiger partial charge in [0.25, 0.3) is 0 Å². The van der Waals surface area contributed by atoms with Gasteiger partial charge in [0, 0.05) is 0 Å². The number of para-hydroxylation sites is 1. The van der Waals surface area contributed by atoms with Crippen LogP contribution >= 0.6 is 0 Å². The molecular weight excluding hydrogens is 459 g/mol. The SMILES string of the molecule is Cc1n[c]([Bi])nc(-c2ccc3oc4ccccc4c3c2)n1. The van der Waals surface area contributed by atoms with E-state index in [2.05, 4.69) is 27.1 Å². The molecule has 0 unspecified atom stereocenters. The monoisotopic (exact) mass is 469 g/mol. The molecule has 0 bridgehead atoms. The molecule has 0 saturated carbocycles. The van der Waals surface area contributed by atoms with Gasteiger partial charge in [0.1, 0.15) is 0 Å². The first-order chi connectivity index (χ1) is 10.2. The van der Waals surface area contributed by atoms with Crippen LogP contribution in [0.2, 0.25) is 0 Å². The molecule has 4 aromatic rings. The topological polar surface area (TPSA) is 51.8 Å². The zero-order valence-corrected chi connectivity index (χ0v) is 14.7. The van der Waals surface area contributed by atoms with Crippen molar-refractivity contribution in [2.45, 2.75) is 6.92 Å². The molecule has 0 saturated heterocycles. The third kappa shape index (κ3) is 2.22. The van der Waals surface area contributed by atoms with Gasteiger partial charge in [-0.25, -0.2) is 0 Å². The Morgan fingerprint density at radius 1 is 0.905 bits per heavy atom. The summed E-state index contributed by atoms with van der Waals surface area (Å²) in [5.41, 5.74) is 2.78. The minimum absolute atomic E-state index is 0.729. The molecule has 21 heavy (non-hydrogen) atoms. The van der Waals surface area contributed by atoms with Gasteiger partial charge in [0.15, 0.2) is 0 Å². The second kappa shape index (κ2) is 4.85. The Bertz CT molecular complexity index is 958. The van der Waals surface area contributed by atoms with Gasteiger partial charge in [-0.15, -0.1) is 0 Å². The third-order valence-electron chi connectivity index (χ3n) is 3.37. The van der Waals surface area contributed by atoms with E-state index in [9.17, 15) is 0 Å². The van der Waals surface area contributed by atoms with Crippen LogP contribution in [-0.2, 0) is 0 Å². The molecule has 0 aliphatic rings. The minimum atomic E-state index is 0.729. The number of nitrogens with zero attached hydrogens (tertiary/aromatic N) is 3. The number of aromatic nitrogens is 3. The van der Waals surface area contributed by atoms with Gasteiger partial charge in [0.05, 0.1) is 0 Å². The first-order valence-electron chi connectivity index (χ1n) is 6.54. The van der Waals surface area contributed by atoms with Crippen LogP contribution in [0.4, 0.5) is 0 Å². The number of benzene rings is 2. The van der Waals surface area contributed by atoms with E-state index < -0.39 is 0 Å². The average Bonchev–Trinajstić information content (AvgIpc) is 2.84. The summed E-state index contributed by atoms with van der Waals surface area (Å²) in [5, 5.41) is 2.21. The van der Waals surface area contributed by atoms with Crippen LogP contribution < -0.4 is 3.53 Å². The Balaban J connectivity index is 1.99. The van der Waals surface area contributed by atoms with E-state index >= 15 is 0 Å². The standard InChI is InChI=1S/C16H10N3O.Bi/c1-10-17-9-18-16(19-10)11-6-7-15-13(8-11)12-4-2-3-5-14(12)20-15;/h2-8H,1H3;. The number of fused-ring (bicyclic) bond motifs is 3. The van der Waals surface area contributed by atoms with Gasteiger partial charge in [0.2, 0.25) is 0 Å². The maximum atomic E-state index is 5.84. The summed E-state index contributed by atoms with van der Waals surface area (Å²) >= 11 is 1.03. The molecule has 2 aromatic heterocycles. The number of hydrogen-bond donors (Lipinski definition) is 0. The van der Waals surface area contributed by atoms with Crippen molar-refractivity contribution < 1.29 is 4.42 Å². The molecule has 0 N–H and O–H groups in total. The van der Waals surface area contributed by atoms with Crippen LogP contribution in [0.1, 0.15) is 5.82 Å². The molecule has 4 nitrogen and oxygen atoms in total. The molecule has 2 radical (unpaired) electrons. The van der Waals surface area contributed by atoms with Gasteiger partial charge < -0.3 is 0 Å². The van der Waals surface area contributed by atoms with E-state index in [0.29, 0.717) is 0 Å². The van der Waals surface area contributed by atoms with Crippen molar-refractivity contribution in [1.29, 1.82) is 0 Å². The second-order valence-corrected chi connectivity index (χ2v) is 6.37. The predicted molar refractivity (Wildman–Crippen MR) is 82.7 cm³/mol. The van der Waals surface area contributed by atoms with Gasteiger partial charge >= 0.3 is 136 Å². The van der Waals surface area contributed by atoms with E-state index in [-0.39, 0.29) is 0 Å². The summed E-state index contributed by atoms with van der Waals surface area (Å²) in [7, 11) is 0. The average molecular weight is 469 g/mol. The molecular formula is C16H10BiN3O. The first-order valence-corrected chi connectivity index (χ1v) is 8.28. The predicted octanol–water partition coefficient (Wildman–Crippen LogP) is 2.54. The number of hydrogen-bond acceptors (Lipinski definition) is 4. The van der Waals surface area contributed by atoms with Crippen LogP contribution in [0.3, 0.4) is 0 Å². The third-order valence-corrected chi connectivity index (χ3v) is 4.15. The van der Waals surface area contributed by atoms with Crippen LogP contribution in [0.25, 0.3) is 33.3 Å². The van der Waals surface area contributed by atoms with Crippen LogP contribution in [0.15, 0.2) is 46.9 Å². The zero-order chi connectivity index (χ0) is 14.4. The van der Waals surface area contributed by atoms with Crippen molar-refractivity contribution in [1.82, 2.24) is 15.0 Å². The normalized spacial score (nSPS) is 11.3. The van der Waals surface area contributed by atoms with E-state index in [1.165, 1.54) is 0 Å². The summed E-state index contributed by atoms with van der Waals surface area (Å²) < 4.78 is 6.69. The Kier molecular flexibility index (Phi) is 2.97. The second-order valence-electron chi connectivity index (χ2n) is 4.82. The summed E-state index contributed by atoms with van der Waals surface area (Å²) in [5.74, 6) is 1.49. The fraction of sp³-hybridized carbons (Fsp3) is 0.0625. The number of rotatable bonds is 1. The van der Waals surface area contributed by atoms with Crippen molar-refractivity contribution in [3.63, 3.8) is 0 Å². The molecule has 100 valence electrons. The van der Waals surface area contributed by atoms with Crippen LogP contribution in [0, 0.1) is 6.92 Å². The maximum absolute atomic E-state index is 5.84. The van der Waals surface area contributed by atoms with E-state index in [4.69, 9.17) is 4.42 Å². The Morgan fingerprint density at radius 2 is 1.71 bits per heavy atom. The van der Waals surface area contributed by atoms with Crippen molar-refractivity contribution in [2.24, 2.45) is 0 Å². The van der Waals surface area contributed by atoms with Gasteiger partial charge in [-0.2, -0.15) is 0 Å². The van der Waals surface area contributed by atoms with Crippen LogP contribution in [-0.4, -0.2) is 39.7 Å².